The van der Waals surface area contributed by atoms with Gasteiger partial charge in [-0.3, -0.25) is 15.1 Å². The van der Waals surface area contributed by atoms with Crippen molar-refractivity contribution in [1.82, 2.24) is 4.98 Å². The molecular weight excluding hydrogens is 256 g/mol. The molecule has 0 radical (unpaired) electrons. The summed E-state index contributed by atoms with van der Waals surface area (Å²) in [6, 6.07) is 11.6. The van der Waals surface area contributed by atoms with Gasteiger partial charge in [0, 0.05) is 18.3 Å². The Morgan fingerprint density at radius 3 is 2.80 bits per heavy atom. The van der Waals surface area contributed by atoms with Gasteiger partial charge in [-0.05, 0) is 25.1 Å². The van der Waals surface area contributed by atoms with Gasteiger partial charge in [0.1, 0.15) is 6.07 Å². The van der Waals surface area contributed by atoms with Crippen LogP contribution in [0.25, 0.3) is 0 Å². The fourth-order valence-electron chi connectivity index (χ4n) is 1.80. The van der Waals surface area contributed by atoms with Crippen molar-refractivity contribution < 1.29 is 4.92 Å². The summed E-state index contributed by atoms with van der Waals surface area (Å²) in [5.74, 6) is 0. The van der Waals surface area contributed by atoms with Gasteiger partial charge in [0.15, 0.2) is 0 Å². The van der Waals surface area contributed by atoms with E-state index in [0.717, 1.165) is 5.69 Å². The topological polar surface area (TPSA) is 91.9 Å². The Morgan fingerprint density at radius 1 is 1.40 bits per heavy atom. The molecule has 1 atom stereocenters. The van der Waals surface area contributed by atoms with Crippen LogP contribution in [-0.4, -0.2) is 9.91 Å². The second kappa shape index (κ2) is 5.80. The van der Waals surface area contributed by atoms with Crippen molar-refractivity contribution in [2.24, 2.45) is 0 Å². The first-order valence-corrected chi connectivity index (χ1v) is 5.98. The highest BCUT2D eigenvalue weighted by molar-refractivity contribution is 5.61. The summed E-state index contributed by atoms with van der Waals surface area (Å²) >= 11 is 0. The molecule has 0 aliphatic rings. The molecule has 1 N–H and O–H groups in total. The Balaban J connectivity index is 2.26. The maximum absolute atomic E-state index is 10.7. The van der Waals surface area contributed by atoms with Gasteiger partial charge in [0.05, 0.1) is 27.9 Å². The van der Waals surface area contributed by atoms with Crippen molar-refractivity contribution in [3.05, 3.63) is 64.0 Å². The van der Waals surface area contributed by atoms with E-state index in [2.05, 4.69) is 10.3 Å². The SMILES string of the molecule is C[C@@H](Nc1ccc([N+](=O)[O-])cc1C#N)c1ccccn1. The van der Waals surface area contributed by atoms with Crippen molar-refractivity contribution in [2.75, 3.05) is 5.32 Å². The Bertz CT molecular complexity index is 665. The summed E-state index contributed by atoms with van der Waals surface area (Å²) in [5.41, 5.74) is 1.52. The normalized spacial score (nSPS) is 11.4. The van der Waals surface area contributed by atoms with E-state index in [-0.39, 0.29) is 17.3 Å². The molecule has 1 aromatic heterocycles. The number of pyridine rings is 1. The van der Waals surface area contributed by atoms with E-state index in [9.17, 15) is 10.1 Å². The fourth-order valence-corrected chi connectivity index (χ4v) is 1.80. The molecule has 0 saturated carbocycles. The van der Waals surface area contributed by atoms with Crippen LogP contribution in [0.5, 0.6) is 0 Å². The fraction of sp³-hybridized carbons (Fsp3) is 0.143. The second-order valence-corrected chi connectivity index (χ2v) is 4.22. The number of rotatable bonds is 4. The molecule has 0 spiro atoms. The van der Waals surface area contributed by atoms with Crippen LogP contribution in [-0.2, 0) is 0 Å². The monoisotopic (exact) mass is 268 g/mol. The summed E-state index contributed by atoms with van der Waals surface area (Å²) in [7, 11) is 0. The molecule has 0 saturated heterocycles. The zero-order chi connectivity index (χ0) is 14.5. The van der Waals surface area contributed by atoms with Gasteiger partial charge in [0.2, 0.25) is 0 Å². The van der Waals surface area contributed by atoms with Crippen LogP contribution < -0.4 is 5.32 Å². The average Bonchev–Trinajstić information content (AvgIpc) is 2.48. The van der Waals surface area contributed by atoms with E-state index in [1.807, 2.05) is 31.2 Å². The molecule has 2 rings (SSSR count). The highest BCUT2D eigenvalue weighted by Crippen LogP contribution is 2.24. The van der Waals surface area contributed by atoms with Gasteiger partial charge < -0.3 is 5.32 Å². The lowest BCUT2D eigenvalue weighted by atomic mass is 10.1. The number of nitrogens with zero attached hydrogens (tertiary/aromatic N) is 3. The molecule has 6 heteroatoms. The Labute approximate surface area is 115 Å². The third-order valence-electron chi connectivity index (χ3n) is 2.84. The Morgan fingerprint density at radius 2 is 2.20 bits per heavy atom. The smallest absolute Gasteiger partial charge is 0.270 e. The Hall–Kier alpha value is -2.94. The number of aromatic nitrogens is 1. The summed E-state index contributed by atoms with van der Waals surface area (Å²) in [6.07, 6.45) is 1.69. The maximum atomic E-state index is 10.7. The predicted octanol–water partition coefficient (Wildman–Crippen LogP) is 3.03. The van der Waals surface area contributed by atoms with Crippen LogP contribution in [0.2, 0.25) is 0 Å². The van der Waals surface area contributed by atoms with Gasteiger partial charge in [0.25, 0.3) is 5.69 Å². The molecule has 0 bridgehead atoms. The van der Waals surface area contributed by atoms with Crippen molar-refractivity contribution >= 4 is 11.4 Å². The maximum Gasteiger partial charge on any atom is 0.270 e. The zero-order valence-electron chi connectivity index (χ0n) is 10.8. The molecule has 0 aliphatic carbocycles. The van der Waals surface area contributed by atoms with Crippen molar-refractivity contribution in [1.29, 1.82) is 5.26 Å². The van der Waals surface area contributed by atoms with Gasteiger partial charge in [-0.2, -0.15) is 5.26 Å². The van der Waals surface area contributed by atoms with Crippen LogP contribution in [0.3, 0.4) is 0 Å². The molecule has 0 aliphatic heterocycles. The number of nitro benzene ring substituents is 1. The second-order valence-electron chi connectivity index (χ2n) is 4.22. The van der Waals surface area contributed by atoms with Gasteiger partial charge in [-0.1, -0.05) is 6.07 Å². The number of hydrogen-bond donors (Lipinski definition) is 1. The number of nitro groups is 1. The molecule has 0 unspecified atom stereocenters. The summed E-state index contributed by atoms with van der Waals surface area (Å²) in [5, 5.41) is 22.9. The number of hydrogen-bond acceptors (Lipinski definition) is 5. The molecule has 1 aromatic carbocycles. The highest BCUT2D eigenvalue weighted by atomic mass is 16.6. The van der Waals surface area contributed by atoms with E-state index in [0.29, 0.717) is 5.69 Å². The van der Waals surface area contributed by atoms with Crippen LogP contribution >= 0.6 is 0 Å². The first kappa shape index (κ1) is 13.5. The molecule has 20 heavy (non-hydrogen) atoms. The van der Waals surface area contributed by atoms with E-state index < -0.39 is 4.92 Å². The number of nitrogens with one attached hydrogen (secondary N) is 1. The average molecular weight is 268 g/mol. The standard InChI is InChI=1S/C14H12N4O2/c1-10(13-4-2-3-7-16-13)17-14-6-5-12(18(19)20)8-11(14)9-15/h2-8,10,17H,1H3/t10-/m1/s1. The summed E-state index contributed by atoms with van der Waals surface area (Å²) in [4.78, 5) is 14.4. The van der Waals surface area contributed by atoms with Crippen molar-refractivity contribution in [3.63, 3.8) is 0 Å². The van der Waals surface area contributed by atoms with E-state index in [1.54, 1.807) is 6.20 Å². The lowest BCUT2D eigenvalue weighted by molar-refractivity contribution is -0.384. The molecule has 2 aromatic rings. The van der Waals surface area contributed by atoms with Crippen LogP contribution in [0.1, 0.15) is 24.2 Å². The van der Waals surface area contributed by atoms with Crippen LogP contribution in [0.15, 0.2) is 42.6 Å². The first-order chi connectivity index (χ1) is 9.61. The molecule has 100 valence electrons. The van der Waals surface area contributed by atoms with E-state index >= 15 is 0 Å². The summed E-state index contributed by atoms with van der Waals surface area (Å²) in [6.45, 7) is 1.91. The van der Waals surface area contributed by atoms with Crippen molar-refractivity contribution in [3.8, 4) is 6.07 Å². The van der Waals surface area contributed by atoms with Crippen molar-refractivity contribution in [2.45, 2.75) is 13.0 Å². The molecule has 0 fully saturated rings. The van der Waals surface area contributed by atoms with Gasteiger partial charge in [-0.25, -0.2) is 0 Å². The minimum Gasteiger partial charge on any atom is -0.376 e. The number of benzene rings is 1. The number of non-ortho nitro benzene ring substituents is 1. The molecule has 0 amide bonds. The third kappa shape index (κ3) is 2.90. The lowest BCUT2D eigenvalue weighted by Gasteiger charge is -2.15. The Kier molecular flexibility index (Phi) is 3.91. The zero-order valence-corrected chi connectivity index (χ0v) is 10.8. The molecular formula is C14H12N4O2. The minimum atomic E-state index is -0.521. The van der Waals surface area contributed by atoms with E-state index in [1.165, 1.54) is 18.2 Å². The number of anilines is 1. The third-order valence-corrected chi connectivity index (χ3v) is 2.84. The highest BCUT2D eigenvalue weighted by Gasteiger charge is 2.13. The lowest BCUT2D eigenvalue weighted by Crippen LogP contribution is -2.09. The van der Waals surface area contributed by atoms with Gasteiger partial charge >= 0.3 is 0 Å². The molecule has 6 nitrogen and oxygen atoms in total. The van der Waals surface area contributed by atoms with Gasteiger partial charge in [-0.15, -0.1) is 0 Å². The predicted molar refractivity (Wildman–Crippen MR) is 74.1 cm³/mol. The summed E-state index contributed by atoms with van der Waals surface area (Å²) < 4.78 is 0. The first-order valence-electron chi connectivity index (χ1n) is 5.98. The van der Waals surface area contributed by atoms with Crippen LogP contribution in [0, 0.1) is 21.4 Å². The van der Waals surface area contributed by atoms with Crippen LogP contribution in [0.4, 0.5) is 11.4 Å². The largest absolute Gasteiger partial charge is 0.376 e. The minimum absolute atomic E-state index is 0.0995. The van der Waals surface area contributed by atoms with E-state index in [4.69, 9.17) is 5.26 Å². The number of nitriles is 1. The quantitative estimate of drug-likeness (QED) is 0.679. The molecule has 1 heterocycles.